The quantitative estimate of drug-likeness (QED) is 0.514. The third kappa shape index (κ3) is 3.72. The second kappa shape index (κ2) is 6.59. The monoisotopic (exact) mass is 359 g/mol. The Labute approximate surface area is 148 Å². The Balaban J connectivity index is 1.92. The molecule has 7 heteroatoms. The Bertz CT molecular complexity index is 879. The predicted octanol–water partition coefficient (Wildman–Crippen LogP) is 3.76. The minimum absolute atomic E-state index is 0.305. The fourth-order valence-corrected chi connectivity index (χ4v) is 2.50. The standard InChI is InChI=1S/C19H15F2NO4/c1-19(2)25-17(23)15(18(24)26-19)10-22-16-6-4-3-5-14(16)11-7-12(20)9-13(21)8-11/h3-10,22H,1-2H3. The van der Waals surface area contributed by atoms with Crippen LogP contribution in [0.5, 0.6) is 0 Å². The van der Waals surface area contributed by atoms with E-state index in [4.69, 9.17) is 9.47 Å². The molecule has 0 aromatic heterocycles. The lowest BCUT2D eigenvalue weighted by atomic mass is 10.0. The van der Waals surface area contributed by atoms with Crippen molar-refractivity contribution >= 4 is 17.6 Å². The number of halogens is 2. The maximum Gasteiger partial charge on any atom is 0.350 e. The number of hydrogen-bond donors (Lipinski definition) is 1. The van der Waals surface area contributed by atoms with Crippen LogP contribution in [0.3, 0.4) is 0 Å². The van der Waals surface area contributed by atoms with E-state index in [-0.39, 0.29) is 5.57 Å². The number of nitrogens with one attached hydrogen (secondary N) is 1. The van der Waals surface area contributed by atoms with Crippen LogP contribution in [0.4, 0.5) is 14.5 Å². The summed E-state index contributed by atoms with van der Waals surface area (Å²) in [5.41, 5.74) is 0.916. The average molecular weight is 359 g/mol. The lowest BCUT2D eigenvalue weighted by Gasteiger charge is -2.29. The molecule has 0 spiro atoms. The third-order valence-electron chi connectivity index (χ3n) is 3.59. The summed E-state index contributed by atoms with van der Waals surface area (Å²) in [5, 5.41) is 2.80. The molecular weight excluding hydrogens is 344 g/mol. The van der Waals surface area contributed by atoms with E-state index in [0.29, 0.717) is 16.8 Å². The van der Waals surface area contributed by atoms with E-state index in [1.807, 2.05) is 0 Å². The highest BCUT2D eigenvalue weighted by Gasteiger charge is 2.38. The van der Waals surface area contributed by atoms with Gasteiger partial charge in [-0.25, -0.2) is 18.4 Å². The van der Waals surface area contributed by atoms with Gasteiger partial charge in [0, 0.05) is 37.4 Å². The summed E-state index contributed by atoms with van der Waals surface area (Å²) in [6.45, 7) is 2.89. The third-order valence-corrected chi connectivity index (χ3v) is 3.59. The Kier molecular flexibility index (Phi) is 4.46. The molecule has 26 heavy (non-hydrogen) atoms. The van der Waals surface area contributed by atoms with Crippen molar-refractivity contribution in [3.8, 4) is 11.1 Å². The van der Waals surface area contributed by atoms with E-state index < -0.39 is 29.4 Å². The van der Waals surface area contributed by atoms with Crippen LogP contribution in [0.2, 0.25) is 0 Å². The van der Waals surface area contributed by atoms with E-state index in [2.05, 4.69) is 5.32 Å². The van der Waals surface area contributed by atoms with Gasteiger partial charge in [-0.2, -0.15) is 0 Å². The van der Waals surface area contributed by atoms with Crippen molar-refractivity contribution < 1.29 is 27.8 Å². The van der Waals surface area contributed by atoms with Crippen LogP contribution in [0.1, 0.15) is 13.8 Å². The lowest BCUT2D eigenvalue weighted by molar-refractivity contribution is -0.222. The molecule has 1 heterocycles. The molecule has 3 rings (SSSR count). The first-order valence-corrected chi connectivity index (χ1v) is 7.74. The lowest BCUT2D eigenvalue weighted by Crippen LogP contribution is -2.42. The minimum Gasteiger partial charge on any atom is -0.419 e. The summed E-state index contributed by atoms with van der Waals surface area (Å²) in [6.07, 6.45) is 1.15. The molecule has 0 radical (unpaired) electrons. The molecule has 2 aromatic rings. The van der Waals surface area contributed by atoms with Gasteiger partial charge in [0.15, 0.2) is 5.57 Å². The number of ether oxygens (including phenoxy) is 2. The molecule has 1 N–H and O–H groups in total. The van der Waals surface area contributed by atoms with Crippen molar-refractivity contribution in [2.75, 3.05) is 5.32 Å². The van der Waals surface area contributed by atoms with Crippen molar-refractivity contribution in [1.29, 1.82) is 0 Å². The van der Waals surface area contributed by atoms with E-state index in [0.717, 1.165) is 12.3 Å². The highest BCUT2D eigenvalue weighted by Crippen LogP contribution is 2.30. The molecular formula is C19H15F2NO4. The first-order valence-electron chi connectivity index (χ1n) is 7.74. The van der Waals surface area contributed by atoms with E-state index >= 15 is 0 Å². The van der Waals surface area contributed by atoms with Gasteiger partial charge in [0.25, 0.3) is 5.79 Å². The summed E-state index contributed by atoms with van der Waals surface area (Å²) in [7, 11) is 0. The van der Waals surface area contributed by atoms with Gasteiger partial charge in [-0.15, -0.1) is 0 Å². The fraction of sp³-hybridized carbons (Fsp3) is 0.158. The first-order chi connectivity index (χ1) is 12.2. The zero-order valence-electron chi connectivity index (χ0n) is 14.0. The number of anilines is 1. The van der Waals surface area contributed by atoms with Crippen LogP contribution >= 0.6 is 0 Å². The average Bonchev–Trinajstić information content (AvgIpc) is 2.52. The normalized spacial score (nSPS) is 15.9. The van der Waals surface area contributed by atoms with Gasteiger partial charge >= 0.3 is 11.9 Å². The Morgan fingerprint density at radius 3 is 2.15 bits per heavy atom. The maximum absolute atomic E-state index is 13.5. The molecule has 0 saturated carbocycles. The molecule has 0 amide bonds. The summed E-state index contributed by atoms with van der Waals surface area (Å²) in [5.74, 6) is -4.41. The van der Waals surface area contributed by atoms with Crippen LogP contribution in [0, 0.1) is 11.6 Å². The van der Waals surface area contributed by atoms with Gasteiger partial charge in [-0.1, -0.05) is 18.2 Å². The topological polar surface area (TPSA) is 64.6 Å². The smallest absolute Gasteiger partial charge is 0.350 e. The van der Waals surface area contributed by atoms with E-state index in [9.17, 15) is 18.4 Å². The van der Waals surface area contributed by atoms with Crippen LogP contribution in [-0.2, 0) is 19.1 Å². The zero-order chi connectivity index (χ0) is 18.9. The van der Waals surface area contributed by atoms with Crippen LogP contribution in [-0.4, -0.2) is 17.7 Å². The summed E-state index contributed by atoms with van der Waals surface area (Å²) < 4.78 is 37.0. The minimum atomic E-state index is -1.33. The van der Waals surface area contributed by atoms with Gasteiger partial charge in [0.05, 0.1) is 0 Å². The molecule has 2 aromatic carbocycles. The van der Waals surface area contributed by atoms with Gasteiger partial charge < -0.3 is 14.8 Å². The number of hydrogen-bond acceptors (Lipinski definition) is 5. The summed E-state index contributed by atoms with van der Waals surface area (Å²) in [4.78, 5) is 23.9. The zero-order valence-corrected chi connectivity index (χ0v) is 14.0. The molecule has 1 fully saturated rings. The van der Waals surface area contributed by atoms with Crippen molar-refractivity contribution in [3.05, 3.63) is 65.9 Å². The van der Waals surface area contributed by atoms with E-state index in [1.165, 1.54) is 26.0 Å². The molecule has 0 aliphatic carbocycles. The summed E-state index contributed by atoms with van der Waals surface area (Å²) in [6, 6.07) is 9.82. The van der Waals surface area contributed by atoms with Crippen molar-refractivity contribution in [3.63, 3.8) is 0 Å². The molecule has 0 bridgehead atoms. The van der Waals surface area contributed by atoms with Gasteiger partial charge in [0.1, 0.15) is 11.6 Å². The molecule has 0 unspecified atom stereocenters. The Morgan fingerprint density at radius 1 is 0.962 bits per heavy atom. The fourth-order valence-electron chi connectivity index (χ4n) is 2.50. The number of cyclic esters (lactones) is 2. The second-order valence-electron chi connectivity index (χ2n) is 6.08. The predicted molar refractivity (Wildman–Crippen MR) is 89.8 cm³/mol. The molecule has 1 aliphatic heterocycles. The molecule has 0 atom stereocenters. The second-order valence-corrected chi connectivity index (χ2v) is 6.08. The largest absolute Gasteiger partial charge is 0.419 e. The summed E-state index contributed by atoms with van der Waals surface area (Å²) >= 11 is 0. The number of carbonyl (C=O) groups is 2. The van der Waals surface area contributed by atoms with Crippen LogP contribution in [0.25, 0.3) is 11.1 Å². The maximum atomic E-state index is 13.5. The number of esters is 2. The van der Waals surface area contributed by atoms with Gasteiger partial charge in [0.2, 0.25) is 0 Å². The molecule has 5 nitrogen and oxygen atoms in total. The number of benzene rings is 2. The van der Waals surface area contributed by atoms with Crippen molar-refractivity contribution in [2.24, 2.45) is 0 Å². The molecule has 1 aliphatic rings. The first kappa shape index (κ1) is 17.6. The van der Waals surface area contributed by atoms with Gasteiger partial charge in [-0.3, -0.25) is 0 Å². The Hall–Kier alpha value is -3.22. The van der Waals surface area contributed by atoms with E-state index in [1.54, 1.807) is 24.3 Å². The van der Waals surface area contributed by atoms with Crippen LogP contribution in [0.15, 0.2) is 54.2 Å². The number of rotatable bonds is 3. The van der Waals surface area contributed by atoms with Gasteiger partial charge in [-0.05, 0) is 23.8 Å². The Morgan fingerprint density at radius 2 is 1.54 bits per heavy atom. The van der Waals surface area contributed by atoms with Crippen molar-refractivity contribution in [1.82, 2.24) is 0 Å². The SMILES string of the molecule is CC1(C)OC(=O)C(=CNc2ccccc2-c2cc(F)cc(F)c2)C(=O)O1. The number of carbonyl (C=O) groups excluding carboxylic acids is 2. The highest BCUT2D eigenvalue weighted by molar-refractivity contribution is 6.15. The number of para-hydroxylation sites is 1. The van der Waals surface area contributed by atoms with Crippen molar-refractivity contribution in [2.45, 2.75) is 19.6 Å². The highest BCUT2D eigenvalue weighted by atomic mass is 19.1. The molecule has 1 saturated heterocycles. The van der Waals surface area contributed by atoms with Crippen LogP contribution < -0.4 is 5.32 Å². The molecule has 134 valence electrons.